The normalized spacial score (nSPS) is 11.5. The molecule has 0 saturated carbocycles. The van der Waals surface area contributed by atoms with Crippen LogP contribution in [0.5, 0.6) is 5.75 Å². The summed E-state index contributed by atoms with van der Waals surface area (Å²) in [7, 11) is -3.69. The number of rotatable bonds is 8. The molecule has 0 spiro atoms. The first kappa shape index (κ1) is 19.4. The molecule has 0 saturated heterocycles. The maximum Gasteiger partial charge on any atom is 0.238 e. The number of benzene rings is 2. The summed E-state index contributed by atoms with van der Waals surface area (Å²) in [6.45, 7) is 3.29. The highest BCUT2D eigenvalue weighted by Crippen LogP contribution is 2.24. The van der Waals surface area contributed by atoms with Gasteiger partial charge in [-0.25, -0.2) is 13.6 Å². The number of ether oxygens (including phenoxy) is 1. The molecule has 0 aliphatic rings. The van der Waals surface area contributed by atoms with Crippen LogP contribution < -0.4 is 9.88 Å². The SMILES string of the molecule is CCn1c(SCCOc2ccc(S(N)(=O)=O)cc2)nnc1-c1ccccc1. The lowest BCUT2D eigenvalue weighted by atomic mass is 10.2. The highest BCUT2D eigenvalue weighted by atomic mass is 32.2. The van der Waals surface area contributed by atoms with Gasteiger partial charge >= 0.3 is 0 Å². The molecule has 142 valence electrons. The number of hydrogen-bond donors (Lipinski definition) is 1. The summed E-state index contributed by atoms with van der Waals surface area (Å²) < 4.78 is 30.2. The molecule has 7 nitrogen and oxygen atoms in total. The van der Waals surface area contributed by atoms with E-state index in [-0.39, 0.29) is 4.90 Å². The number of primary sulfonamides is 1. The molecule has 2 aromatic carbocycles. The highest BCUT2D eigenvalue weighted by molar-refractivity contribution is 7.99. The van der Waals surface area contributed by atoms with Crippen molar-refractivity contribution in [3.05, 3.63) is 54.6 Å². The average Bonchev–Trinajstić information content (AvgIpc) is 3.08. The monoisotopic (exact) mass is 404 g/mol. The van der Waals surface area contributed by atoms with E-state index in [4.69, 9.17) is 9.88 Å². The number of nitrogens with zero attached hydrogens (tertiary/aromatic N) is 3. The third-order valence-corrected chi connectivity index (χ3v) is 5.66. The van der Waals surface area contributed by atoms with Crippen LogP contribution in [0.4, 0.5) is 0 Å². The zero-order valence-electron chi connectivity index (χ0n) is 14.8. The lowest BCUT2D eigenvalue weighted by Gasteiger charge is -2.08. The number of nitrogens with two attached hydrogens (primary N) is 1. The molecular formula is C18H20N4O3S2. The van der Waals surface area contributed by atoms with E-state index in [1.807, 2.05) is 30.3 Å². The third kappa shape index (κ3) is 4.88. The molecule has 0 fully saturated rings. The predicted molar refractivity (Wildman–Crippen MR) is 105 cm³/mol. The first-order valence-electron chi connectivity index (χ1n) is 8.36. The summed E-state index contributed by atoms with van der Waals surface area (Å²) in [4.78, 5) is 0.0636. The molecule has 3 aromatic rings. The fourth-order valence-corrected chi connectivity index (χ4v) is 3.83. The Morgan fingerprint density at radius 2 is 1.78 bits per heavy atom. The van der Waals surface area contributed by atoms with Gasteiger partial charge in [0.15, 0.2) is 11.0 Å². The fourth-order valence-electron chi connectivity index (χ4n) is 2.50. The van der Waals surface area contributed by atoms with Crippen LogP contribution in [-0.2, 0) is 16.6 Å². The summed E-state index contributed by atoms with van der Waals surface area (Å²) in [5.74, 6) is 2.12. The van der Waals surface area contributed by atoms with Crippen LogP contribution in [0.1, 0.15) is 6.92 Å². The Kier molecular flexibility index (Phi) is 6.15. The Balaban J connectivity index is 1.57. The van der Waals surface area contributed by atoms with Gasteiger partial charge < -0.3 is 9.30 Å². The molecule has 9 heteroatoms. The van der Waals surface area contributed by atoms with E-state index in [9.17, 15) is 8.42 Å². The number of sulfonamides is 1. The standard InChI is InChI=1S/C18H20N4O3S2/c1-2-22-17(14-6-4-3-5-7-14)20-21-18(22)26-13-12-25-15-8-10-16(11-9-15)27(19,23)24/h3-11H,2,12-13H2,1H3,(H2,19,23,24). The van der Waals surface area contributed by atoms with Gasteiger partial charge in [0, 0.05) is 17.9 Å². The minimum absolute atomic E-state index is 0.0636. The lowest BCUT2D eigenvalue weighted by molar-refractivity contribution is 0.343. The molecule has 1 aromatic heterocycles. The van der Waals surface area contributed by atoms with Crippen molar-refractivity contribution in [2.24, 2.45) is 5.14 Å². The average molecular weight is 405 g/mol. The van der Waals surface area contributed by atoms with E-state index >= 15 is 0 Å². The van der Waals surface area contributed by atoms with Crippen LogP contribution in [0.3, 0.4) is 0 Å². The minimum atomic E-state index is -3.69. The summed E-state index contributed by atoms with van der Waals surface area (Å²) in [5.41, 5.74) is 1.03. The maximum absolute atomic E-state index is 11.2. The first-order valence-corrected chi connectivity index (χ1v) is 10.9. The Hall–Kier alpha value is -2.36. The highest BCUT2D eigenvalue weighted by Gasteiger charge is 2.13. The van der Waals surface area contributed by atoms with Crippen LogP contribution in [0.2, 0.25) is 0 Å². The minimum Gasteiger partial charge on any atom is -0.493 e. The van der Waals surface area contributed by atoms with E-state index in [0.717, 1.165) is 23.1 Å². The molecule has 2 N–H and O–H groups in total. The number of aromatic nitrogens is 3. The van der Waals surface area contributed by atoms with Crippen molar-refractivity contribution in [3.8, 4) is 17.1 Å². The second-order valence-corrected chi connectivity index (χ2v) is 8.25. The third-order valence-electron chi connectivity index (χ3n) is 3.80. The zero-order valence-corrected chi connectivity index (χ0v) is 16.4. The van der Waals surface area contributed by atoms with Crippen molar-refractivity contribution in [1.29, 1.82) is 0 Å². The molecule has 27 heavy (non-hydrogen) atoms. The number of thioether (sulfide) groups is 1. The fraction of sp³-hybridized carbons (Fsp3) is 0.222. The Labute approximate surface area is 162 Å². The molecular weight excluding hydrogens is 384 g/mol. The van der Waals surface area contributed by atoms with Crippen molar-refractivity contribution in [1.82, 2.24) is 14.8 Å². The first-order chi connectivity index (χ1) is 13.0. The van der Waals surface area contributed by atoms with Gasteiger partial charge in [0.1, 0.15) is 5.75 Å². The van der Waals surface area contributed by atoms with Gasteiger partial charge in [-0.1, -0.05) is 42.1 Å². The molecule has 1 heterocycles. The summed E-state index contributed by atoms with van der Waals surface area (Å²) in [6, 6.07) is 16.0. The van der Waals surface area contributed by atoms with Gasteiger partial charge in [0.25, 0.3) is 0 Å². The van der Waals surface area contributed by atoms with Crippen LogP contribution >= 0.6 is 11.8 Å². The van der Waals surface area contributed by atoms with Crippen molar-refractivity contribution in [2.75, 3.05) is 12.4 Å². The van der Waals surface area contributed by atoms with Crippen molar-refractivity contribution in [2.45, 2.75) is 23.5 Å². The van der Waals surface area contributed by atoms with E-state index in [0.29, 0.717) is 18.1 Å². The zero-order chi connectivity index (χ0) is 19.3. The Morgan fingerprint density at radius 3 is 2.41 bits per heavy atom. The van der Waals surface area contributed by atoms with Crippen LogP contribution in [0.25, 0.3) is 11.4 Å². The summed E-state index contributed by atoms with van der Waals surface area (Å²) >= 11 is 1.56. The van der Waals surface area contributed by atoms with E-state index in [2.05, 4.69) is 21.7 Å². The summed E-state index contributed by atoms with van der Waals surface area (Å²) in [5, 5.41) is 14.5. The maximum atomic E-state index is 11.2. The smallest absolute Gasteiger partial charge is 0.238 e. The molecule has 0 unspecified atom stereocenters. The van der Waals surface area contributed by atoms with Gasteiger partial charge in [-0.3, -0.25) is 0 Å². The molecule has 0 amide bonds. The molecule has 0 atom stereocenters. The lowest BCUT2D eigenvalue weighted by Crippen LogP contribution is -2.11. The van der Waals surface area contributed by atoms with Crippen molar-refractivity contribution < 1.29 is 13.2 Å². The molecule has 3 rings (SSSR count). The molecule has 0 aliphatic heterocycles. The molecule has 0 aliphatic carbocycles. The molecule has 0 radical (unpaired) electrons. The van der Waals surface area contributed by atoms with Gasteiger partial charge in [-0.05, 0) is 31.2 Å². The van der Waals surface area contributed by atoms with Gasteiger partial charge in [-0.15, -0.1) is 10.2 Å². The van der Waals surface area contributed by atoms with Crippen LogP contribution in [-0.4, -0.2) is 35.5 Å². The number of hydrogen-bond acceptors (Lipinski definition) is 6. The quantitative estimate of drug-likeness (QED) is 0.458. The second kappa shape index (κ2) is 8.55. The van der Waals surface area contributed by atoms with Gasteiger partial charge in [-0.2, -0.15) is 0 Å². The van der Waals surface area contributed by atoms with Crippen LogP contribution in [0, 0.1) is 0 Å². The summed E-state index contributed by atoms with van der Waals surface area (Å²) in [6.07, 6.45) is 0. The van der Waals surface area contributed by atoms with E-state index in [1.54, 1.807) is 23.9 Å². The predicted octanol–water partition coefficient (Wildman–Crippen LogP) is 2.78. The Bertz CT molecular complexity index is 987. The topological polar surface area (TPSA) is 100 Å². The van der Waals surface area contributed by atoms with Crippen molar-refractivity contribution >= 4 is 21.8 Å². The van der Waals surface area contributed by atoms with E-state index in [1.165, 1.54) is 12.1 Å². The van der Waals surface area contributed by atoms with Crippen LogP contribution in [0.15, 0.2) is 64.6 Å². The largest absolute Gasteiger partial charge is 0.493 e. The second-order valence-electron chi connectivity index (χ2n) is 5.63. The van der Waals surface area contributed by atoms with Gasteiger partial charge in [0.2, 0.25) is 10.0 Å². The van der Waals surface area contributed by atoms with Gasteiger partial charge in [0.05, 0.1) is 11.5 Å². The molecule has 0 bridgehead atoms. The van der Waals surface area contributed by atoms with E-state index < -0.39 is 10.0 Å². The van der Waals surface area contributed by atoms with Crippen molar-refractivity contribution in [3.63, 3.8) is 0 Å². The Morgan fingerprint density at radius 1 is 1.07 bits per heavy atom.